The molecular formula is C13H17ClN2O4. The van der Waals surface area contributed by atoms with Gasteiger partial charge in [-0.25, -0.2) is 4.79 Å². The van der Waals surface area contributed by atoms with Crippen LogP contribution in [0, 0.1) is 0 Å². The van der Waals surface area contributed by atoms with E-state index in [0.29, 0.717) is 25.1 Å². The third-order valence-electron chi connectivity index (χ3n) is 2.61. The Bertz CT molecular complexity index is 493. The number of amides is 1. The van der Waals surface area contributed by atoms with Gasteiger partial charge in [0.15, 0.2) is 0 Å². The van der Waals surface area contributed by atoms with Crippen LogP contribution in [0.3, 0.4) is 0 Å². The maximum absolute atomic E-state index is 11.8. The van der Waals surface area contributed by atoms with Crippen molar-refractivity contribution in [2.45, 2.75) is 18.9 Å². The van der Waals surface area contributed by atoms with E-state index < -0.39 is 12.0 Å². The Morgan fingerprint density at radius 3 is 2.75 bits per heavy atom. The van der Waals surface area contributed by atoms with Crippen molar-refractivity contribution < 1.29 is 19.4 Å². The van der Waals surface area contributed by atoms with Gasteiger partial charge in [0.25, 0.3) is 0 Å². The van der Waals surface area contributed by atoms with Gasteiger partial charge in [-0.2, -0.15) is 0 Å². The topological polar surface area (TPSA) is 102 Å². The molecule has 110 valence electrons. The predicted octanol–water partition coefficient (Wildman–Crippen LogP) is 1.73. The first-order valence-corrected chi connectivity index (χ1v) is 6.41. The van der Waals surface area contributed by atoms with Gasteiger partial charge in [-0.05, 0) is 31.0 Å². The maximum atomic E-state index is 11.8. The number of nitrogens with one attached hydrogen (secondary N) is 1. The SMILES string of the molecule is COCCCC(N)C(=O)Nc1cc(Cl)cc(C(=O)O)c1. The van der Waals surface area contributed by atoms with Gasteiger partial charge >= 0.3 is 5.97 Å². The molecule has 1 rings (SSSR count). The zero-order chi connectivity index (χ0) is 15.1. The van der Waals surface area contributed by atoms with Gasteiger partial charge in [-0.3, -0.25) is 4.79 Å². The van der Waals surface area contributed by atoms with Crippen molar-refractivity contribution in [3.05, 3.63) is 28.8 Å². The number of hydrogen-bond acceptors (Lipinski definition) is 4. The van der Waals surface area contributed by atoms with Crippen LogP contribution in [0.4, 0.5) is 5.69 Å². The van der Waals surface area contributed by atoms with Crippen LogP contribution in [0.25, 0.3) is 0 Å². The van der Waals surface area contributed by atoms with E-state index in [-0.39, 0.29) is 16.5 Å². The zero-order valence-electron chi connectivity index (χ0n) is 11.1. The van der Waals surface area contributed by atoms with Gasteiger partial charge in [-0.1, -0.05) is 11.6 Å². The second-order valence-electron chi connectivity index (χ2n) is 4.26. The molecule has 7 heteroatoms. The number of carbonyl (C=O) groups excluding carboxylic acids is 1. The van der Waals surface area contributed by atoms with Crippen LogP contribution < -0.4 is 11.1 Å². The molecule has 0 aromatic heterocycles. The van der Waals surface area contributed by atoms with Crippen molar-refractivity contribution in [2.75, 3.05) is 19.0 Å². The summed E-state index contributed by atoms with van der Waals surface area (Å²) in [7, 11) is 1.57. The zero-order valence-corrected chi connectivity index (χ0v) is 11.8. The summed E-state index contributed by atoms with van der Waals surface area (Å²) in [4.78, 5) is 22.7. The van der Waals surface area contributed by atoms with E-state index in [1.807, 2.05) is 0 Å². The molecule has 0 radical (unpaired) electrons. The van der Waals surface area contributed by atoms with Crippen molar-refractivity contribution >= 4 is 29.2 Å². The minimum atomic E-state index is -1.12. The van der Waals surface area contributed by atoms with Gasteiger partial charge < -0.3 is 20.9 Å². The summed E-state index contributed by atoms with van der Waals surface area (Å²) < 4.78 is 4.88. The van der Waals surface area contributed by atoms with Crippen LogP contribution >= 0.6 is 11.6 Å². The molecule has 1 aromatic rings. The fourth-order valence-electron chi connectivity index (χ4n) is 1.60. The number of carboxylic acid groups (broad SMARTS) is 1. The maximum Gasteiger partial charge on any atom is 0.335 e. The number of nitrogens with two attached hydrogens (primary N) is 1. The van der Waals surface area contributed by atoms with Gasteiger partial charge in [0, 0.05) is 24.4 Å². The number of carboxylic acids is 1. The van der Waals surface area contributed by atoms with Gasteiger partial charge in [0.2, 0.25) is 5.91 Å². The molecule has 0 heterocycles. The number of hydrogen-bond donors (Lipinski definition) is 3. The number of rotatable bonds is 7. The van der Waals surface area contributed by atoms with Crippen molar-refractivity contribution in [3.63, 3.8) is 0 Å². The van der Waals surface area contributed by atoms with Crippen LogP contribution in [0.5, 0.6) is 0 Å². The fourth-order valence-corrected chi connectivity index (χ4v) is 1.83. The molecule has 0 spiro atoms. The summed E-state index contributed by atoms with van der Waals surface area (Å²) >= 11 is 5.80. The van der Waals surface area contributed by atoms with E-state index in [1.165, 1.54) is 18.2 Å². The third-order valence-corrected chi connectivity index (χ3v) is 2.83. The summed E-state index contributed by atoms with van der Waals surface area (Å²) in [6.07, 6.45) is 1.15. The Morgan fingerprint density at radius 2 is 2.15 bits per heavy atom. The van der Waals surface area contributed by atoms with E-state index >= 15 is 0 Å². The second-order valence-corrected chi connectivity index (χ2v) is 4.70. The number of benzene rings is 1. The molecule has 0 saturated heterocycles. The highest BCUT2D eigenvalue weighted by Crippen LogP contribution is 2.19. The minimum absolute atomic E-state index is 0.000699. The number of aromatic carboxylic acids is 1. The first kappa shape index (κ1) is 16.4. The highest BCUT2D eigenvalue weighted by atomic mass is 35.5. The van der Waals surface area contributed by atoms with Gasteiger partial charge in [0.05, 0.1) is 11.6 Å². The van der Waals surface area contributed by atoms with E-state index in [2.05, 4.69) is 5.32 Å². The number of methoxy groups -OCH3 is 1. The van der Waals surface area contributed by atoms with Gasteiger partial charge in [-0.15, -0.1) is 0 Å². The van der Waals surface area contributed by atoms with Crippen molar-refractivity contribution in [3.8, 4) is 0 Å². The molecule has 0 aliphatic carbocycles. The Hall–Kier alpha value is -1.63. The molecule has 4 N–H and O–H groups in total. The average molecular weight is 301 g/mol. The lowest BCUT2D eigenvalue weighted by molar-refractivity contribution is -0.117. The molecular weight excluding hydrogens is 284 g/mol. The van der Waals surface area contributed by atoms with E-state index in [9.17, 15) is 9.59 Å². The molecule has 1 unspecified atom stereocenters. The molecule has 20 heavy (non-hydrogen) atoms. The summed E-state index contributed by atoms with van der Waals surface area (Å²) in [5.74, 6) is -1.51. The molecule has 0 aliphatic rings. The Kier molecular flexibility index (Phi) is 6.44. The monoisotopic (exact) mass is 300 g/mol. The smallest absolute Gasteiger partial charge is 0.335 e. The molecule has 0 fully saturated rings. The van der Waals surface area contributed by atoms with E-state index in [4.69, 9.17) is 27.2 Å². The molecule has 1 aromatic carbocycles. The van der Waals surface area contributed by atoms with E-state index in [0.717, 1.165) is 0 Å². The minimum Gasteiger partial charge on any atom is -0.478 e. The largest absolute Gasteiger partial charge is 0.478 e. The number of halogens is 1. The summed E-state index contributed by atoms with van der Waals surface area (Å²) in [6, 6.07) is 3.41. The molecule has 0 aliphatic heterocycles. The molecule has 1 amide bonds. The number of carbonyl (C=O) groups is 2. The highest BCUT2D eigenvalue weighted by Gasteiger charge is 2.14. The summed E-state index contributed by atoms with van der Waals surface area (Å²) in [6.45, 7) is 0.529. The Labute approximate surface area is 121 Å². The first-order chi connectivity index (χ1) is 9.43. The lowest BCUT2D eigenvalue weighted by Crippen LogP contribution is -2.35. The summed E-state index contributed by atoms with van der Waals surface area (Å²) in [5.41, 5.74) is 6.03. The molecule has 6 nitrogen and oxygen atoms in total. The lowest BCUT2D eigenvalue weighted by atomic mass is 10.1. The van der Waals surface area contributed by atoms with Gasteiger partial charge in [0.1, 0.15) is 0 Å². The van der Waals surface area contributed by atoms with Crippen LogP contribution in [-0.4, -0.2) is 36.7 Å². The van der Waals surface area contributed by atoms with Crippen molar-refractivity contribution in [1.82, 2.24) is 0 Å². The van der Waals surface area contributed by atoms with Crippen LogP contribution in [0.2, 0.25) is 5.02 Å². The summed E-state index contributed by atoms with van der Waals surface area (Å²) in [5, 5.41) is 11.7. The van der Waals surface area contributed by atoms with Crippen molar-refractivity contribution in [2.24, 2.45) is 5.73 Å². The quantitative estimate of drug-likeness (QED) is 0.666. The number of ether oxygens (including phenoxy) is 1. The van der Waals surface area contributed by atoms with Crippen LogP contribution in [0.15, 0.2) is 18.2 Å². The fraction of sp³-hybridized carbons (Fsp3) is 0.385. The lowest BCUT2D eigenvalue weighted by Gasteiger charge is -2.12. The van der Waals surface area contributed by atoms with E-state index in [1.54, 1.807) is 7.11 Å². The first-order valence-electron chi connectivity index (χ1n) is 6.03. The Balaban J connectivity index is 2.67. The number of anilines is 1. The molecule has 0 bridgehead atoms. The van der Waals surface area contributed by atoms with Crippen molar-refractivity contribution in [1.29, 1.82) is 0 Å². The average Bonchev–Trinajstić information content (AvgIpc) is 2.38. The molecule has 0 saturated carbocycles. The van der Waals surface area contributed by atoms with Crippen LogP contribution in [-0.2, 0) is 9.53 Å². The van der Waals surface area contributed by atoms with Crippen LogP contribution in [0.1, 0.15) is 23.2 Å². The normalized spacial score (nSPS) is 11.9. The second kappa shape index (κ2) is 7.84. The Morgan fingerprint density at radius 1 is 1.45 bits per heavy atom. The predicted molar refractivity (Wildman–Crippen MR) is 76.1 cm³/mol. The highest BCUT2D eigenvalue weighted by molar-refractivity contribution is 6.31. The third kappa shape index (κ3) is 5.16. The molecule has 1 atom stereocenters. The standard InChI is InChI=1S/C13H17ClN2O4/c1-20-4-2-3-11(15)12(17)16-10-6-8(13(18)19)5-9(14)7-10/h5-7,11H,2-4,15H2,1H3,(H,16,17)(H,18,19).